The summed E-state index contributed by atoms with van der Waals surface area (Å²) >= 11 is 0. The van der Waals surface area contributed by atoms with Gasteiger partial charge in [-0.3, -0.25) is 4.99 Å². The number of alkyl halides is 2. The quantitative estimate of drug-likeness (QED) is 0.544. The molecule has 0 atom stereocenters. The van der Waals surface area contributed by atoms with Crippen molar-refractivity contribution in [2.24, 2.45) is 4.99 Å². The molecule has 0 spiro atoms. The zero-order valence-corrected chi connectivity index (χ0v) is 10.2. The predicted octanol–water partition coefficient (Wildman–Crippen LogP) is 3.88. The highest BCUT2D eigenvalue weighted by Crippen LogP contribution is 2.16. The summed E-state index contributed by atoms with van der Waals surface area (Å²) in [6, 6.07) is 7.82. The average Bonchev–Trinajstić information content (AvgIpc) is 2.35. The molecular formula is C14H17F2N. The molecule has 1 aromatic carbocycles. The van der Waals surface area contributed by atoms with Gasteiger partial charge in [-0.15, -0.1) is 0 Å². The summed E-state index contributed by atoms with van der Waals surface area (Å²) in [5, 5.41) is 0. The highest BCUT2D eigenvalue weighted by atomic mass is 19.3. The number of halogens is 2. The molecule has 1 nitrogen and oxygen atoms in total. The first-order valence-electron chi connectivity index (χ1n) is 5.59. The molecule has 1 aromatic rings. The second-order valence-corrected chi connectivity index (χ2v) is 3.86. The number of allylic oxidation sites excluding steroid dienone is 1. The van der Waals surface area contributed by atoms with E-state index in [1.807, 2.05) is 24.3 Å². The van der Waals surface area contributed by atoms with Crippen molar-refractivity contribution in [1.82, 2.24) is 0 Å². The summed E-state index contributed by atoms with van der Waals surface area (Å²) in [5.74, 6) is 0. The van der Waals surface area contributed by atoms with Crippen molar-refractivity contribution in [3.05, 3.63) is 47.5 Å². The first-order valence-corrected chi connectivity index (χ1v) is 5.59. The van der Waals surface area contributed by atoms with E-state index in [4.69, 9.17) is 0 Å². The molecule has 3 heteroatoms. The Morgan fingerprint density at radius 3 is 2.29 bits per heavy atom. The van der Waals surface area contributed by atoms with Crippen molar-refractivity contribution in [3.63, 3.8) is 0 Å². The molecule has 1 rings (SSSR count). The van der Waals surface area contributed by atoms with E-state index < -0.39 is 6.43 Å². The zero-order valence-electron chi connectivity index (χ0n) is 10.2. The first-order chi connectivity index (χ1) is 8.08. The molecule has 17 heavy (non-hydrogen) atoms. The number of benzene rings is 1. The van der Waals surface area contributed by atoms with Gasteiger partial charge in [0.05, 0.1) is 0 Å². The van der Waals surface area contributed by atoms with E-state index in [0.717, 1.165) is 12.0 Å². The highest BCUT2D eigenvalue weighted by Gasteiger charge is 2.12. The Labute approximate surface area is 101 Å². The van der Waals surface area contributed by atoms with Gasteiger partial charge < -0.3 is 0 Å². The van der Waals surface area contributed by atoms with Crippen molar-refractivity contribution in [2.45, 2.75) is 26.2 Å². The molecule has 0 aromatic heterocycles. The van der Waals surface area contributed by atoms with Crippen LogP contribution >= 0.6 is 0 Å². The van der Waals surface area contributed by atoms with Crippen LogP contribution in [0.5, 0.6) is 0 Å². The van der Waals surface area contributed by atoms with Crippen LogP contribution in [-0.4, -0.2) is 19.2 Å². The Morgan fingerprint density at radius 1 is 1.29 bits per heavy atom. The minimum atomic E-state index is -2.48. The fraction of sp³-hybridized carbons (Fsp3) is 0.357. The molecule has 0 unspecified atom stereocenters. The van der Waals surface area contributed by atoms with Crippen LogP contribution in [0.3, 0.4) is 0 Å². The molecule has 0 saturated heterocycles. The monoisotopic (exact) mass is 237 g/mol. The lowest BCUT2D eigenvalue weighted by atomic mass is 10.0. The lowest BCUT2D eigenvalue weighted by Crippen LogP contribution is -2.06. The van der Waals surface area contributed by atoms with Crippen LogP contribution in [0.4, 0.5) is 8.78 Å². The topological polar surface area (TPSA) is 12.4 Å². The van der Waals surface area contributed by atoms with E-state index in [9.17, 15) is 8.78 Å². The maximum atomic E-state index is 12.4. The molecule has 0 aliphatic heterocycles. The van der Waals surface area contributed by atoms with Crippen molar-refractivity contribution >= 4 is 5.71 Å². The van der Waals surface area contributed by atoms with Gasteiger partial charge >= 0.3 is 0 Å². The van der Waals surface area contributed by atoms with Crippen LogP contribution in [0.2, 0.25) is 0 Å². The van der Waals surface area contributed by atoms with Crippen LogP contribution in [0, 0.1) is 0 Å². The molecular weight excluding hydrogens is 220 g/mol. The van der Waals surface area contributed by atoms with E-state index in [2.05, 4.69) is 18.5 Å². The normalized spacial score (nSPS) is 11.9. The molecule has 0 heterocycles. The largest absolute Gasteiger partial charge is 0.292 e. The van der Waals surface area contributed by atoms with Gasteiger partial charge in [0.25, 0.3) is 6.43 Å². The highest BCUT2D eigenvalue weighted by molar-refractivity contribution is 6.01. The van der Waals surface area contributed by atoms with Gasteiger partial charge in [-0.25, -0.2) is 8.78 Å². The Hall–Kier alpha value is -1.51. The van der Waals surface area contributed by atoms with Crippen LogP contribution in [-0.2, 0) is 6.42 Å². The van der Waals surface area contributed by atoms with E-state index in [-0.39, 0.29) is 12.0 Å². The van der Waals surface area contributed by atoms with Gasteiger partial charge in [0.1, 0.15) is 0 Å². The molecule has 0 amide bonds. The lowest BCUT2D eigenvalue weighted by Gasteiger charge is -2.08. The maximum absolute atomic E-state index is 12.4. The van der Waals surface area contributed by atoms with Crippen molar-refractivity contribution in [2.75, 3.05) is 7.05 Å². The molecule has 0 aliphatic carbocycles. The van der Waals surface area contributed by atoms with Crippen LogP contribution in [0.25, 0.3) is 0 Å². The molecule has 0 fully saturated rings. The number of nitrogens with zero attached hydrogens (tertiary/aromatic N) is 1. The summed E-state index contributed by atoms with van der Waals surface area (Å²) in [6.45, 7) is 5.44. The van der Waals surface area contributed by atoms with Crippen molar-refractivity contribution in [3.8, 4) is 0 Å². The average molecular weight is 237 g/mol. The van der Waals surface area contributed by atoms with Crippen molar-refractivity contribution < 1.29 is 8.78 Å². The molecule has 92 valence electrons. The third kappa shape index (κ3) is 3.77. The minimum Gasteiger partial charge on any atom is -0.292 e. The summed E-state index contributed by atoms with van der Waals surface area (Å²) in [7, 11) is 1.61. The van der Waals surface area contributed by atoms with Crippen LogP contribution in [0.1, 0.15) is 24.5 Å². The Morgan fingerprint density at radius 2 is 1.88 bits per heavy atom. The predicted molar refractivity (Wildman–Crippen MR) is 68.0 cm³/mol. The SMILES string of the molecule is C=C(CC(=NC)c1ccc(CC)cc1)C(F)F. The third-order valence-corrected chi connectivity index (χ3v) is 2.67. The number of aryl methyl sites for hydroxylation is 1. The molecule has 0 saturated carbocycles. The van der Waals surface area contributed by atoms with E-state index >= 15 is 0 Å². The summed E-state index contributed by atoms with van der Waals surface area (Å²) < 4.78 is 24.8. The molecule has 0 radical (unpaired) electrons. The summed E-state index contributed by atoms with van der Waals surface area (Å²) in [6.07, 6.45) is -1.40. The lowest BCUT2D eigenvalue weighted by molar-refractivity contribution is 0.188. The molecule has 0 bridgehead atoms. The fourth-order valence-electron chi connectivity index (χ4n) is 1.54. The van der Waals surface area contributed by atoms with Crippen LogP contribution in [0.15, 0.2) is 41.4 Å². The number of hydrogen-bond acceptors (Lipinski definition) is 1. The first kappa shape index (κ1) is 13.6. The second-order valence-electron chi connectivity index (χ2n) is 3.86. The van der Waals surface area contributed by atoms with Crippen molar-refractivity contribution in [1.29, 1.82) is 0 Å². The third-order valence-electron chi connectivity index (χ3n) is 2.67. The maximum Gasteiger partial charge on any atom is 0.260 e. The molecule has 0 N–H and O–H groups in total. The number of aliphatic imine (C=N–C) groups is 1. The Bertz CT molecular complexity index is 405. The zero-order chi connectivity index (χ0) is 12.8. The second kappa shape index (κ2) is 6.28. The summed E-state index contributed by atoms with van der Waals surface area (Å²) in [5.41, 5.74) is 2.66. The standard InChI is InChI=1S/C14H17F2N/c1-4-11-5-7-12(8-6-11)13(17-3)9-10(2)14(15)16/h5-8,14H,2,4,9H2,1,3H3. The minimum absolute atomic E-state index is 0.0924. The van der Waals surface area contributed by atoms with E-state index in [1.54, 1.807) is 7.05 Å². The van der Waals surface area contributed by atoms with E-state index in [0.29, 0.717) is 5.71 Å². The van der Waals surface area contributed by atoms with Crippen LogP contribution < -0.4 is 0 Å². The van der Waals surface area contributed by atoms with Gasteiger partial charge in [0.2, 0.25) is 0 Å². The smallest absolute Gasteiger partial charge is 0.260 e. The van der Waals surface area contributed by atoms with Gasteiger partial charge in [0.15, 0.2) is 0 Å². The number of rotatable bonds is 5. The Kier molecular flexibility index (Phi) is 5.01. The molecule has 0 aliphatic rings. The number of hydrogen-bond donors (Lipinski definition) is 0. The fourth-order valence-corrected chi connectivity index (χ4v) is 1.54. The summed E-state index contributed by atoms with van der Waals surface area (Å²) in [4.78, 5) is 4.06. The van der Waals surface area contributed by atoms with Gasteiger partial charge in [0, 0.05) is 19.2 Å². The van der Waals surface area contributed by atoms with Gasteiger partial charge in [-0.1, -0.05) is 37.8 Å². The Balaban J connectivity index is 2.84. The van der Waals surface area contributed by atoms with Gasteiger partial charge in [-0.05, 0) is 23.1 Å². The van der Waals surface area contributed by atoms with E-state index in [1.165, 1.54) is 5.56 Å². The van der Waals surface area contributed by atoms with Gasteiger partial charge in [-0.2, -0.15) is 0 Å².